The first-order valence-corrected chi connectivity index (χ1v) is 10.3. The number of rotatable bonds is 2. The van der Waals surface area contributed by atoms with Gasteiger partial charge in [-0.2, -0.15) is 0 Å². The number of fused-ring (bicyclic) bond motifs is 3. The van der Waals surface area contributed by atoms with Gasteiger partial charge in [-0.15, -0.1) is 0 Å². The van der Waals surface area contributed by atoms with Crippen molar-refractivity contribution >= 4 is 35.2 Å². The fourth-order valence-electron chi connectivity index (χ4n) is 4.65. The van der Waals surface area contributed by atoms with Crippen molar-refractivity contribution in [2.75, 3.05) is 7.05 Å². The van der Waals surface area contributed by atoms with Gasteiger partial charge in [0.2, 0.25) is 5.71 Å². The lowest BCUT2D eigenvalue weighted by atomic mass is 9.50. The fraction of sp³-hybridized carbons (Fsp3) is 0.200. The van der Waals surface area contributed by atoms with E-state index in [0.717, 1.165) is 21.7 Å². The van der Waals surface area contributed by atoms with Crippen LogP contribution in [0.15, 0.2) is 59.1 Å². The predicted octanol–water partition coefficient (Wildman–Crippen LogP) is 2.23. The Morgan fingerprint density at radius 1 is 1.03 bits per heavy atom. The molecule has 4 nitrogen and oxygen atoms in total. The second-order valence-electron chi connectivity index (χ2n) is 8.30. The van der Waals surface area contributed by atoms with E-state index in [-0.39, 0.29) is 6.85 Å². The lowest BCUT2D eigenvalue weighted by Gasteiger charge is -2.24. The molecule has 0 amide bonds. The van der Waals surface area contributed by atoms with Crippen LogP contribution in [0.2, 0.25) is 0 Å². The number of aromatic nitrogens is 2. The van der Waals surface area contributed by atoms with Crippen LogP contribution in [0.5, 0.6) is 0 Å². The summed E-state index contributed by atoms with van der Waals surface area (Å²) in [5.41, 5.74) is 8.80. The molecule has 4 heterocycles. The van der Waals surface area contributed by atoms with Gasteiger partial charge < -0.3 is 9.23 Å². The van der Waals surface area contributed by atoms with E-state index in [2.05, 4.69) is 97.2 Å². The van der Waals surface area contributed by atoms with Crippen LogP contribution in [0.1, 0.15) is 18.2 Å². The number of aryl methyl sites for hydroxylation is 3. The Bertz CT molecular complexity index is 1410. The van der Waals surface area contributed by atoms with Crippen LogP contribution in [-0.2, 0) is 7.05 Å². The van der Waals surface area contributed by atoms with Crippen molar-refractivity contribution in [3.8, 4) is 11.1 Å². The van der Waals surface area contributed by atoms with E-state index in [4.69, 9.17) is 4.42 Å². The van der Waals surface area contributed by atoms with E-state index in [1.807, 2.05) is 13.0 Å². The van der Waals surface area contributed by atoms with Crippen molar-refractivity contribution in [1.82, 2.24) is 9.79 Å². The van der Waals surface area contributed by atoms with E-state index < -0.39 is 0 Å². The number of pyridine rings is 2. The molecule has 5 rings (SSSR count). The van der Waals surface area contributed by atoms with E-state index in [1.54, 1.807) is 0 Å². The Morgan fingerprint density at radius 3 is 2.57 bits per heavy atom. The molecule has 148 valence electrons. The molecule has 1 aliphatic heterocycles. The molecule has 0 unspecified atom stereocenters. The number of nitrogens with zero attached hydrogens (tertiary/aromatic N) is 3. The summed E-state index contributed by atoms with van der Waals surface area (Å²) in [7, 11) is 4.26. The number of hydrogen-bond acceptors (Lipinski definition) is 3. The predicted molar refractivity (Wildman–Crippen MR) is 122 cm³/mol. The summed E-state index contributed by atoms with van der Waals surface area (Å²) in [6.07, 6.45) is 4.41. The highest BCUT2D eigenvalue weighted by atomic mass is 16.3. The normalized spacial score (nSPS) is 13.6. The largest absolute Gasteiger partial charge is 0.438 e. The van der Waals surface area contributed by atoms with Gasteiger partial charge in [-0.3, -0.25) is 0 Å². The minimum absolute atomic E-state index is 0.0900. The average molecular weight is 394 g/mol. The summed E-state index contributed by atoms with van der Waals surface area (Å²) >= 11 is 0. The second kappa shape index (κ2) is 6.87. The first-order valence-electron chi connectivity index (χ1n) is 10.3. The van der Waals surface area contributed by atoms with Crippen LogP contribution in [0.4, 0.5) is 0 Å². The first-order chi connectivity index (χ1) is 14.4. The summed E-state index contributed by atoms with van der Waals surface area (Å²) < 4.78 is 8.48. The van der Waals surface area contributed by atoms with Gasteiger partial charge in [0.05, 0.1) is 0 Å². The molecule has 30 heavy (non-hydrogen) atoms. The lowest BCUT2D eigenvalue weighted by molar-refractivity contribution is -0.654. The SMILES string of the molecule is CC1=c2oc3nc(C)ccc3c2=CN(C)B1c1cc(-c2ccccc2)c(C)c[n+]1C. The molecule has 0 saturated heterocycles. The number of furan rings is 1. The Hall–Kier alpha value is -3.34. The highest BCUT2D eigenvalue weighted by Crippen LogP contribution is 2.22. The number of hydrogen-bond donors (Lipinski definition) is 0. The van der Waals surface area contributed by atoms with Crippen molar-refractivity contribution in [3.63, 3.8) is 0 Å². The zero-order valence-corrected chi connectivity index (χ0v) is 18.1. The minimum Gasteiger partial charge on any atom is -0.438 e. The molecule has 0 spiro atoms. The van der Waals surface area contributed by atoms with Crippen LogP contribution in [0, 0.1) is 13.8 Å². The van der Waals surface area contributed by atoms with E-state index in [9.17, 15) is 0 Å². The molecule has 0 saturated carbocycles. The maximum absolute atomic E-state index is 6.25. The topological polar surface area (TPSA) is 33.2 Å². The van der Waals surface area contributed by atoms with Gasteiger partial charge in [-0.25, -0.2) is 9.55 Å². The van der Waals surface area contributed by atoms with Crippen LogP contribution in [0.3, 0.4) is 0 Å². The van der Waals surface area contributed by atoms with Gasteiger partial charge in [0.15, 0.2) is 11.8 Å². The smallest absolute Gasteiger partial charge is 0.402 e. The van der Waals surface area contributed by atoms with Crippen molar-refractivity contribution in [1.29, 1.82) is 0 Å². The Labute approximate surface area is 176 Å². The average Bonchev–Trinajstić information content (AvgIpc) is 3.08. The van der Waals surface area contributed by atoms with Crippen LogP contribution < -0.4 is 20.8 Å². The second-order valence-corrected chi connectivity index (χ2v) is 8.30. The molecule has 0 fully saturated rings. The molecule has 5 heteroatoms. The molecule has 1 aliphatic rings. The van der Waals surface area contributed by atoms with Crippen LogP contribution in [0.25, 0.3) is 33.9 Å². The maximum Gasteiger partial charge on any atom is 0.402 e. The summed E-state index contributed by atoms with van der Waals surface area (Å²) in [6.45, 7) is 6.43. The highest BCUT2D eigenvalue weighted by molar-refractivity contribution is 6.85. The van der Waals surface area contributed by atoms with E-state index in [0.29, 0.717) is 5.71 Å². The first kappa shape index (κ1) is 18.7. The molecule has 0 aliphatic carbocycles. The molecule has 0 radical (unpaired) electrons. The maximum atomic E-state index is 6.25. The Kier molecular flexibility index (Phi) is 4.28. The Morgan fingerprint density at radius 2 is 1.80 bits per heavy atom. The van der Waals surface area contributed by atoms with Crippen molar-refractivity contribution in [2.24, 2.45) is 7.05 Å². The standard InChI is InChI=1S/C25H25BN3O/c1-16-14-28(4)23(13-21(16)19-9-7-6-8-10-19)26-18(3)24-22(15-29(26)5)20-12-11-17(2)27-25(20)30-24/h6-15H,1-5H3/q+1. The van der Waals surface area contributed by atoms with Crippen molar-refractivity contribution in [2.45, 2.75) is 20.8 Å². The van der Waals surface area contributed by atoms with Crippen molar-refractivity contribution < 1.29 is 8.98 Å². The van der Waals surface area contributed by atoms with Crippen molar-refractivity contribution in [3.05, 3.63) is 76.6 Å². The van der Waals surface area contributed by atoms with Crippen LogP contribution >= 0.6 is 0 Å². The molecular weight excluding hydrogens is 369 g/mol. The molecule has 0 bridgehead atoms. The van der Waals surface area contributed by atoms with Gasteiger partial charge in [-0.05, 0) is 62.8 Å². The molecule has 3 aromatic heterocycles. The van der Waals surface area contributed by atoms with E-state index >= 15 is 0 Å². The quantitative estimate of drug-likeness (QED) is 0.386. The van der Waals surface area contributed by atoms with Gasteiger partial charge >= 0.3 is 6.85 Å². The summed E-state index contributed by atoms with van der Waals surface area (Å²) in [4.78, 5) is 6.88. The van der Waals surface area contributed by atoms with Gasteiger partial charge in [-0.1, -0.05) is 30.3 Å². The third kappa shape index (κ3) is 2.85. The molecule has 4 aromatic rings. The minimum atomic E-state index is 0.0900. The van der Waals surface area contributed by atoms with E-state index in [1.165, 1.54) is 27.8 Å². The highest BCUT2D eigenvalue weighted by Gasteiger charge is 2.36. The molecule has 1 aromatic carbocycles. The van der Waals surface area contributed by atoms with Gasteiger partial charge in [0.25, 0.3) is 0 Å². The summed E-state index contributed by atoms with van der Waals surface area (Å²) in [5, 5.41) is 2.19. The molecular formula is C25H25BN3O+. The third-order valence-electron chi connectivity index (χ3n) is 6.12. The third-order valence-corrected chi connectivity index (χ3v) is 6.12. The Balaban J connectivity index is 1.74. The fourth-order valence-corrected chi connectivity index (χ4v) is 4.65. The summed E-state index contributed by atoms with van der Waals surface area (Å²) in [5.74, 6) is 0. The molecule has 0 N–H and O–H groups in total. The zero-order valence-electron chi connectivity index (χ0n) is 18.1. The summed E-state index contributed by atoms with van der Waals surface area (Å²) in [6, 6.07) is 17.1. The monoisotopic (exact) mass is 394 g/mol. The zero-order chi connectivity index (χ0) is 21.0. The lowest BCUT2D eigenvalue weighted by Crippen LogP contribution is -2.62. The van der Waals surface area contributed by atoms with Gasteiger partial charge in [0, 0.05) is 27.9 Å². The van der Waals surface area contributed by atoms with Gasteiger partial charge in [0.1, 0.15) is 12.5 Å². The van der Waals surface area contributed by atoms with Crippen LogP contribution in [-0.4, -0.2) is 23.7 Å². The number of benzene rings is 1. The molecule has 0 atom stereocenters.